The number of halogens is 1. The van der Waals surface area contributed by atoms with Crippen LogP contribution in [0.2, 0.25) is 0 Å². The van der Waals surface area contributed by atoms with E-state index < -0.39 is 0 Å². The van der Waals surface area contributed by atoms with E-state index in [-0.39, 0.29) is 16.7 Å². The van der Waals surface area contributed by atoms with Crippen molar-refractivity contribution in [1.82, 2.24) is 0 Å². The minimum Gasteiger partial charge on any atom is -0.483 e. The van der Waals surface area contributed by atoms with E-state index in [1.54, 1.807) is 6.07 Å². The maximum Gasteiger partial charge on any atom is 0.184 e. The quantitative estimate of drug-likeness (QED) is 0.750. The van der Waals surface area contributed by atoms with Crippen LogP contribution in [0.4, 0.5) is 0 Å². The molecule has 2 aromatic rings. The van der Waals surface area contributed by atoms with Crippen molar-refractivity contribution in [1.29, 1.82) is 0 Å². The number of ketones is 1. The Balaban J connectivity index is 2.04. The molecule has 1 heterocycles. The summed E-state index contributed by atoms with van der Waals surface area (Å²) in [5, 5.41) is 0. The van der Waals surface area contributed by atoms with Crippen LogP contribution < -0.4 is 4.74 Å². The van der Waals surface area contributed by atoms with E-state index in [0.717, 1.165) is 5.56 Å². The highest BCUT2D eigenvalue weighted by atomic mass is 79.9. The molecular formula is C15H11BrO2. The maximum absolute atomic E-state index is 12.3. The van der Waals surface area contributed by atoms with Gasteiger partial charge in [0.15, 0.2) is 5.78 Å². The van der Waals surface area contributed by atoms with Gasteiger partial charge in [0.1, 0.15) is 16.7 Å². The number of carbonyl (C=O) groups is 1. The van der Waals surface area contributed by atoms with Crippen molar-refractivity contribution in [3.05, 3.63) is 65.7 Å². The summed E-state index contributed by atoms with van der Waals surface area (Å²) in [6.07, 6.45) is -0.270. The average Bonchev–Trinajstić information content (AvgIpc) is 2.44. The third kappa shape index (κ3) is 1.85. The Kier molecular flexibility index (Phi) is 2.92. The van der Waals surface area contributed by atoms with E-state index in [1.807, 2.05) is 48.5 Å². The van der Waals surface area contributed by atoms with Crippen molar-refractivity contribution in [2.75, 3.05) is 0 Å². The third-order valence-corrected chi connectivity index (χ3v) is 3.95. The fourth-order valence-corrected chi connectivity index (χ4v) is 2.80. The van der Waals surface area contributed by atoms with Crippen LogP contribution in [0.5, 0.6) is 5.75 Å². The number of para-hydroxylation sites is 1. The molecule has 3 heteroatoms. The molecule has 0 N–H and O–H groups in total. The van der Waals surface area contributed by atoms with Crippen LogP contribution in [0, 0.1) is 0 Å². The van der Waals surface area contributed by atoms with Gasteiger partial charge in [-0.05, 0) is 17.7 Å². The Morgan fingerprint density at radius 2 is 1.61 bits per heavy atom. The summed E-state index contributed by atoms with van der Waals surface area (Å²) < 4.78 is 5.93. The molecule has 0 bridgehead atoms. The van der Waals surface area contributed by atoms with Crippen LogP contribution in [0.25, 0.3) is 0 Å². The van der Waals surface area contributed by atoms with Crippen LogP contribution in [0.1, 0.15) is 22.0 Å². The molecule has 0 saturated heterocycles. The lowest BCUT2D eigenvalue weighted by Crippen LogP contribution is -2.31. The van der Waals surface area contributed by atoms with Gasteiger partial charge >= 0.3 is 0 Å². The van der Waals surface area contributed by atoms with Crippen molar-refractivity contribution in [2.45, 2.75) is 10.9 Å². The Hall–Kier alpha value is -1.61. The van der Waals surface area contributed by atoms with Crippen LogP contribution in [-0.2, 0) is 0 Å². The summed E-state index contributed by atoms with van der Waals surface area (Å²) in [6.45, 7) is 0. The number of rotatable bonds is 1. The fourth-order valence-electron chi connectivity index (χ4n) is 2.14. The van der Waals surface area contributed by atoms with Crippen molar-refractivity contribution >= 4 is 21.7 Å². The Morgan fingerprint density at radius 1 is 0.944 bits per heavy atom. The number of carbonyl (C=O) groups excluding carboxylic acids is 1. The molecule has 0 amide bonds. The van der Waals surface area contributed by atoms with Crippen LogP contribution >= 0.6 is 15.9 Å². The van der Waals surface area contributed by atoms with Crippen LogP contribution in [0.3, 0.4) is 0 Å². The van der Waals surface area contributed by atoms with E-state index in [4.69, 9.17) is 4.74 Å². The van der Waals surface area contributed by atoms with Crippen LogP contribution in [-0.4, -0.2) is 10.6 Å². The third-order valence-electron chi connectivity index (χ3n) is 3.05. The molecule has 0 saturated carbocycles. The Bertz CT molecular complexity index is 580. The summed E-state index contributed by atoms with van der Waals surface area (Å²) >= 11 is 3.45. The first-order chi connectivity index (χ1) is 8.77. The molecule has 0 aliphatic carbocycles. The number of fused-ring (bicyclic) bond motifs is 1. The van der Waals surface area contributed by atoms with Crippen molar-refractivity contribution in [3.8, 4) is 5.75 Å². The summed E-state index contributed by atoms with van der Waals surface area (Å²) in [5.41, 5.74) is 1.65. The second-order valence-corrected chi connectivity index (χ2v) is 5.20. The van der Waals surface area contributed by atoms with E-state index in [1.165, 1.54) is 0 Å². The Labute approximate surface area is 114 Å². The molecule has 1 aliphatic rings. The zero-order chi connectivity index (χ0) is 12.5. The number of alkyl halides is 1. The number of ether oxygens (including phenoxy) is 1. The molecule has 3 rings (SSSR count). The lowest BCUT2D eigenvalue weighted by atomic mass is 9.96. The van der Waals surface area contributed by atoms with Crippen molar-refractivity contribution in [2.24, 2.45) is 0 Å². The highest BCUT2D eigenvalue weighted by Crippen LogP contribution is 2.38. The molecule has 0 fully saturated rings. The minimum atomic E-state index is -0.338. The molecular weight excluding hydrogens is 292 g/mol. The standard InChI is InChI=1S/C15H11BrO2/c16-13-14(17)11-8-4-5-9-12(11)18-15(13)10-6-2-1-3-7-10/h1-9,13,15H. The minimum absolute atomic E-state index is 0.0747. The maximum atomic E-state index is 12.3. The van der Waals surface area contributed by atoms with Gasteiger partial charge in [-0.2, -0.15) is 0 Å². The molecule has 2 atom stereocenters. The van der Waals surface area contributed by atoms with Gasteiger partial charge in [0.05, 0.1) is 5.56 Å². The first kappa shape index (κ1) is 11.5. The number of hydrogen-bond donors (Lipinski definition) is 0. The zero-order valence-electron chi connectivity index (χ0n) is 9.55. The normalized spacial score (nSPS) is 22.2. The molecule has 1 aliphatic heterocycles. The molecule has 0 aromatic heterocycles. The number of hydrogen-bond acceptors (Lipinski definition) is 2. The van der Waals surface area contributed by atoms with Crippen molar-refractivity contribution in [3.63, 3.8) is 0 Å². The van der Waals surface area contributed by atoms with Gasteiger partial charge in [0.25, 0.3) is 0 Å². The van der Waals surface area contributed by atoms with E-state index in [2.05, 4.69) is 15.9 Å². The molecule has 2 aromatic carbocycles. The smallest absolute Gasteiger partial charge is 0.184 e. The molecule has 0 radical (unpaired) electrons. The van der Waals surface area contributed by atoms with Gasteiger partial charge < -0.3 is 4.74 Å². The highest BCUT2D eigenvalue weighted by molar-refractivity contribution is 9.10. The lowest BCUT2D eigenvalue weighted by molar-refractivity contribution is 0.0873. The molecule has 0 spiro atoms. The topological polar surface area (TPSA) is 26.3 Å². The second kappa shape index (κ2) is 4.58. The van der Waals surface area contributed by atoms with E-state index in [0.29, 0.717) is 11.3 Å². The van der Waals surface area contributed by atoms with E-state index in [9.17, 15) is 4.79 Å². The summed E-state index contributed by atoms with van der Waals surface area (Å²) in [7, 11) is 0. The van der Waals surface area contributed by atoms with Gasteiger partial charge in [0.2, 0.25) is 0 Å². The zero-order valence-corrected chi connectivity index (χ0v) is 11.1. The van der Waals surface area contributed by atoms with Gasteiger partial charge in [-0.15, -0.1) is 0 Å². The summed E-state index contributed by atoms with van der Waals surface area (Å²) in [6, 6.07) is 17.2. The predicted molar refractivity (Wildman–Crippen MR) is 73.3 cm³/mol. The van der Waals surface area contributed by atoms with Gasteiger partial charge in [0, 0.05) is 0 Å². The summed E-state index contributed by atoms with van der Waals surface area (Å²) in [5.74, 6) is 0.734. The van der Waals surface area contributed by atoms with Crippen LogP contribution in [0.15, 0.2) is 54.6 Å². The first-order valence-electron chi connectivity index (χ1n) is 5.76. The monoisotopic (exact) mass is 302 g/mol. The van der Waals surface area contributed by atoms with Gasteiger partial charge in [-0.1, -0.05) is 58.4 Å². The molecule has 90 valence electrons. The number of benzene rings is 2. The van der Waals surface area contributed by atoms with Gasteiger partial charge in [-0.3, -0.25) is 4.79 Å². The summed E-state index contributed by atoms with van der Waals surface area (Å²) in [4.78, 5) is 11.9. The van der Waals surface area contributed by atoms with Gasteiger partial charge in [-0.25, -0.2) is 0 Å². The lowest BCUT2D eigenvalue weighted by Gasteiger charge is -2.29. The van der Waals surface area contributed by atoms with Crippen molar-refractivity contribution < 1.29 is 9.53 Å². The Morgan fingerprint density at radius 3 is 2.39 bits per heavy atom. The highest BCUT2D eigenvalue weighted by Gasteiger charge is 2.35. The number of Topliss-reactive ketones (excluding diaryl/α,β-unsaturated/α-hetero) is 1. The predicted octanol–water partition coefficient (Wildman–Crippen LogP) is 3.77. The average molecular weight is 303 g/mol. The second-order valence-electron chi connectivity index (χ2n) is 4.21. The fraction of sp³-hybridized carbons (Fsp3) is 0.133. The first-order valence-corrected chi connectivity index (χ1v) is 6.68. The molecule has 2 unspecified atom stereocenters. The largest absolute Gasteiger partial charge is 0.483 e. The molecule has 18 heavy (non-hydrogen) atoms. The molecule has 2 nitrogen and oxygen atoms in total. The SMILES string of the molecule is O=C1c2ccccc2OC(c2ccccc2)C1Br. The van der Waals surface area contributed by atoms with E-state index >= 15 is 0 Å².